The number of aromatic nitrogens is 2. The maximum absolute atomic E-state index is 13.3. The highest BCUT2D eigenvalue weighted by molar-refractivity contribution is 7.99. The smallest absolute Gasteiger partial charge is 0.267 e. The summed E-state index contributed by atoms with van der Waals surface area (Å²) < 4.78 is 1.56. The molecule has 0 atom stereocenters. The molecule has 0 fully saturated rings. The van der Waals surface area contributed by atoms with Gasteiger partial charge < -0.3 is 0 Å². The van der Waals surface area contributed by atoms with Crippen molar-refractivity contribution in [2.45, 2.75) is 18.5 Å². The Labute approximate surface area is 181 Å². The molecule has 0 saturated heterocycles. The monoisotopic (exact) mass is 440 g/mol. The van der Waals surface area contributed by atoms with Crippen LogP contribution in [-0.2, 0) is 6.42 Å². The predicted octanol–water partition coefficient (Wildman–Crippen LogP) is 5.64. The number of ketones is 1. The molecule has 0 amide bonds. The van der Waals surface area contributed by atoms with Crippen molar-refractivity contribution in [1.29, 1.82) is 0 Å². The van der Waals surface area contributed by atoms with Crippen LogP contribution in [0.4, 0.5) is 0 Å². The molecule has 0 spiro atoms. The van der Waals surface area contributed by atoms with Crippen molar-refractivity contribution in [1.82, 2.24) is 9.55 Å². The quantitative estimate of drug-likeness (QED) is 0.221. The van der Waals surface area contributed by atoms with Crippen LogP contribution < -0.4 is 5.56 Å². The third-order valence-electron chi connectivity index (χ3n) is 4.45. The van der Waals surface area contributed by atoms with Gasteiger partial charge in [-0.05, 0) is 36.8 Å². The average Bonchev–Trinajstić information content (AvgIpc) is 3.17. The first kappa shape index (κ1) is 19.9. The second kappa shape index (κ2) is 8.53. The largest absolute Gasteiger partial charge is 0.293 e. The van der Waals surface area contributed by atoms with E-state index in [-0.39, 0.29) is 17.1 Å². The van der Waals surface area contributed by atoms with Crippen LogP contribution in [0.1, 0.15) is 22.2 Å². The second-order valence-electron chi connectivity index (χ2n) is 6.37. The predicted molar refractivity (Wildman–Crippen MR) is 121 cm³/mol. The summed E-state index contributed by atoms with van der Waals surface area (Å²) >= 11 is 8.80. The topological polar surface area (TPSA) is 52.0 Å². The van der Waals surface area contributed by atoms with E-state index in [9.17, 15) is 9.59 Å². The summed E-state index contributed by atoms with van der Waals surface area (Å²) in [6.07, 6.45) is 0.844. The van der Waals surface area contributed by atoms with Gasteiger partial charge >= 0.3 is 0 Å². The SMILES string of the molecule is CCc1cc2c(=O)n(-c3ccc(Cl)cc3)c(SCC(=O)c3ccccc3)nc2s1. The van der Waals surface area contributed by atoms with Gasteiger partial charge in [-0.3, -0.25) is 14.2 Å². The maximum atomic E-state index is 13.3. The van der Waals surface area contributed by atoms with Crippen LogP contribution in [0, 0.1) is 0 Å². The molecule has 2 aromatic heterocycles. The summed E-state index contributed by atoms with van der Waals surface area (Å²) in [5.74, 6) is 0.190. The Morgan fingerprint density at radius 2 is 1.86 bits per heavy atom. The lowest BCUT2D eigenvalue weighted by atomic mass is 10.2. The molecule has 0 bridgehead atoms. The van der Waals surface area contributed by atoms with Crippen molar-refractivity contribution < 1.29 is 4.79 Å². The van der Waals surface area contributed by atoms with E-state index in [0.717, 1.165) is 11.3 Å². The number of thiophene rings is 1. The zero-order valence-electron chi connectivity index (χ0n) is 15.6. The van der Waals surface area contributed by atoms with E-state index in [0.29, 0.717) is 31.6 Å². The number of carbonyl (C=O) groups is 1. The third kappa shape index (κ3) is 4.15. The van der Waals surface area contributed by atoms with Crippen LogP contribution >= 0.6 is 34.7 Å². The molecule has 29 heavy (non-hydrogen) atoms. The Kier molecular flexibility index (Phi) is 5.85. The number of Topliss-reactive ketones (excluding diaryl/α,β-unsaturated/α-hetero) is 1. The van der Waals surface area contributed by atoms with E-state index in [1.807, 2.05) is 24.3 Å². The van der Waals surface area contributed by atoms with Gasteiger partial charge in [0.15, 0.2) is 10.9 Å². The van der Waals surface area contributed by atoms with Crippen LogP contribution in [0.25, 0.3) is 15.9 Å². The van der Waals surface area contributed by atoms with Gasteiger partial charge in [0.25, 0.3) is 5.56 Å². The minimum Gasteiger partial charge on any atom is -0.293 e. The van der Waals surface area contributed by atoms with Crippen LogP contribution in [0.2, 0.25) is 5.02 Å². The number of rotatable bonds is 6. The minimum absolute atomic E-state index is 0.00645. The van der Waals surface area contributed by atoms with Crippen LogP contribution in [0.15, 0.2) is 70.6 Å². The molecule has 0 saturated carbocycles. The molecule has 0 aliphatic carbocycles. The molecule has 146 valence electrons. The number of carbonyl (C=O) groups excluding carboxylic acids is 1. The Bertz CT molecular complexity index is 1230. The number of aryl methyl sites for hydroxylation is 1. The van der Waals surface area contributed by atoms with Crippen LogP contribution in [0.3, 0.4) is 0 Å². The minimum atomic E-state index is -0.136. The fourth-order valence-corrected chi connectivity index (χ4v) is 4.98. The second-order valence-corrected chi connectivity index (χ2v) is 8.87. The lowest BCUT2D eigenvalue weighted by molar-refractivity contribution is 0.102. The molecule has 4 nitrogen and oxygen atoms in total. The van der Waals surface area contributed by atoms with Gasteiger partial charge in [0.2, 0.25) is 0 Å². The Morgan fingerprint density at radius 3 is 2.55 bits per heavy atom. The standard InChI is InChI=1S/C22H17ClN2O2S2/c1-2-17-12-18-20(29-17)24-22(28-13-19(26)14-6-4-3-5-7-14)25(21(18)27)16-10-8-15(23)9-11-16/h3-12H,2,13H2,1H3. The van der Waals surface area contributed by atoms with Gasteiger partial charge in [-0.15, -0.1) is 11.3 Å². The van der Waals surface area contributed by atoms with Gasteiger partial charge in [0.1, 0.15) is 4.83 Å². The lowest BCUT2D eigenvalue weighted by Gasteiger charge is -2.12. The number of hydrogen-bond donors (Lipinski definition) is 0. The van der Waals surface area contributed by atoms with Crippen molar-refractivity contribution in [3.05, 3.63) is 86.5 Å². The van der Waals surface area contributed by atoms with Crippen molar-refractivity contribution in [3.63, 3.8) is 0 Å². The fourth-order valence-electron chi connectivity index (χ4n) is 2.94. The van der Waals surface area contributed by atoms with Crippen LogP contribution in [0.5, 0.6) is 0 Å². The Hall–Kier alpha value is -2.41. The Balaban J connectivity index is 1.78. The van der Waals surface area contributed by atoms with Gasteiger partial charge in [0, 0.05) is 15.5 Å². The van der Waals surface area contributed by atoms with E-state index < -0.39 is 0 Å². The molecule has 0 unspecified atom stereocenters. The van der Waals surface area contributed by atoms with Gasteiger partial charge in [-0.2, -0.15) is 0 Å². The first-order chi connectivity index (χ1) is 14.1. The summed E-state index contributed by atoms with van der Waals surface area (Å²) in [5.41, 5.74) is 1.18. The fraction of sp³-hybridized carbons (Fsp3) is 0.136. The number of thioether (sulfide) groups is 1. The molecule has 0 N–H and O–H groups in total. The first-order valence-electron chi connectivity index (χ1n) is 9.09. The van der Waals surface area contributed by atoms with Crippen molar-refractivity contribution in [2.75, 3.05) is 5.75 Å². The molecule has 2 aromatic carbocycles. The van der Waals surface area contributed by atoms with E-state index in [4.69, 9.17) is 16.6 Å². The summed E-state index contributed by atoms with van der Waals surface area (Å²) in [6, 6.07) is 18.1. The van der Waals surface area contributed by atoms with Crippen molar-refractivity contribution in [2.24, 2.45) is 0 Å². The molecule has 7 heteroatoms. The number of fused-ring (bicyclic) bond motifs is 1. The first-order valence-corrected chi connectivity index (χ1v) is 11.3. The summed E-state index contributed by atoms with van der Waals surface area (Å²) in [7, 11) is 0. The normalized spacial score (nSPS) is 11.1. The van der Waals surface area contributed by atoms with Crippen molar-refractivity contribution >= 4 is 50.7 Å². The number of halogens is 1. The molecule has 4 aromatic rings. The molecule has 4 rings (SSSR count). The molecule has 0 aliphatic heterocycles. The highest BCUT2D eigenvalue weighted by Crippen LogP contribution is 2.27. The van der Waals surface area contributed by atoms with Crippen LogP contribution in [-0.4, -0.2) is 21.1 Å². The molecule has 0 aliphatic rings. The average molecular weight is 441 g/mol. The molecule has 2 heterocycles. The van der Waals surface area contributed by atoms with E-state index in [1.54, 1.807) is 41.0 Å². The molecule has 0 radical (unpaired) electrons. The van der Waals surface area contributed by atoms with E-state index in [1.165, 1.54) is 23.1 Å². The van der Waals surface area contributed by atoms with Gasteiger partial charge in [-0.1, -0.05) is 60.6 Å². The van der Waals surface area contributed by atoms with E-state index in [2.05, 4.69) is 6.92 Å². The van der Waals surface area contributed by atoms with Gasteiger partial charge in [-0.25, -0.2) is 4.98 Å². The number of benzene rings is 2. The highest BCUT2D eigenvalue weighted by atomic mass is 35.5. The highest BCUT2D eigenvalue weighted by Gasteiger charge is 2.17. The lowest BCUT2D eigenvalue weighted by Crippen LogP contribution is -2.21. The Morgan fingerprint density at radius 1 is 1.14 bits per heavy atom. The van der Waals surface area contributed by atoms with Gasteiger partial charge in [0.05, 0.1) is 16.8 Å². The zero-order valence-corrected chi connectivity index (χ0v) is 18.0. The maximum Gasteiger partial charge on any atom is 0.267 e. The molecular formula is C22H17ClN2O2S2. The third-order valence-corrected chi connectivity index (χ3v) is 6.81. The van der Waals surface area contributed by atoms with E-state index >= 15 is 0 Å². The summed E-state index contributed by atoms with van der Waals surface area (Å²) in [6.45, 7) is 2.05. The summed E-state index contributed by atoms with van der Waals surface area (Å²) in [5, 5.41) is 1.69. The number of hydrogen-bond acceptors (Lipinski definition) is 5. The summed E-state index contributed by atoms with van der Waals surface area (Å²) in [4.78, 5) is 32.4. The number of nitrogens with zero attached hydrogens (tertiary/aromatic N) is 2. The molecular weight excluding hydrogens is 424 g/mol. The zero-order chi connectivity index (χ0) is 20.4. The van der Waals surface area contributed by atoms with Crippen molar-refractivity contribution in [3.8, 4) is 5.69 Å².